The van der Waals surface area contributed by atoms with E-state index in [0.717, 1.165) is 42.2 Å². The van der Waals surface area contributed by atoms with Gasteiger partial charge in [0.2, 0.25) is 5.95 Å². The Kier molecular flexibility index (Phi) is 4.34. The van der Waals surface area contributed by atoms with Crippen LogP contribution in [0.1, 0.15) is 30.0 Å². The van der Waals surface area contributed by atoms with Crippen LogP contribution in [0.15, 0.2) is 30.3 Å². The number of ether oxygens (including phenoxy) is 1. The van der Waals surface area contributed by atoms with E-state index in [1.165, 1.54) is 0 Å². The number of aromatic nitrogens is 2. The molecule has 0 aliphatic heterocycles. The zero-order valence-electron chi connectivity index (χ0n) is 13.6. The first kappa shape index (κ1) is 15.6. The van der Waals surface area contributed by atoms with Crippen LogP contribution in [0.2, 0.25) is 0 Å². The number of nitrogens with two attached hydrogens (primary N) is 2. The average Bonchev–Trinajstić information content (AvgIpc) is 2.51. The van der Waals surface area contributed by atoms with Crippen LogP contribution >= 0.6 is 0 Å². The maximum atomic E-state index is 5.89. The predicted molar refractivity (Wildman–Crippen MR) is 91.5 cm³/mol. The van der Waals surface area contributed by atoms with Crippen molar-refractivity contribution in [1.82, 2.24) is 9.97 Å². The molecule has 2 aromatic rings. The lowest BCUT2D eigenvalue weighted by atomic mass is 9.78. The maximum Gasteiger partial charge on any atom is 0.222 e. The molecule has 6 heteroatoms. The second-order valence-electron chi connectivity index (χ2n) is 6.15. The third kappa shape index (κ3) is 3.53. The predicted octanol–water partition coefficient (Wildman–Crippen LogP) is 1.91. The van der Waals surface area contributed by atoms with Crippen LogP contribution in [0.4, 0.5) is 11.8 Å². The normalized spacial score (nSPS) is 20.0. The summed E-state index contributed by atoms with van der Waals surface area (Å²) < 4.78 is 5.27. The second-order valence-corrected chi connectivity index (χ2v) is 6.15. The summed E-state index contributed by atoms with van der Waals surface area (Å²) in [5, 5.41) is 0. The summed E-state index contributed by atoms with van der Waals surface area (Å²) in [6.45, 7) is 0.720. The zero-order valence-corrected chi connectivity index (χ0v) is 13.6. The smallest absolute Gasteiger partial charge is 0.222 e. The van der Waals surface area contributed by atoms with Gasteiger partial charge in [0.05, 0.1) is 12.8 Å². The molecular formula is C17H23N5O. The molecule has 0 atom stereocenters. The van der Waals surface area contributed by atoms with Gasteiger partial charge in [-0.1, -0.05) is 12.1 Å². The largest absolute Gasteiger partial charge is 0.497 e. The molecule has 1 aromatic carbocycles. The van der Waals surface area contributed by atoms with Gasteiger partial charge in [0.1, 0.15) is 11.6 Å². The lowest BCUT2D eigenvalue weighted by Crippen LogP contribution is -2.35. The van der Waals surface area contributed by atoms with Gasteiger partial charge in [-0.25, -0.2) is 4.98 Å². The van der Waals surface area contributed by atoms with Crippen LogP contribution in [0.3, 0.4) is 0 Å². The summed E-state index contributed by atoms with van der Waals surface area (Å²) in [5.41, 5.74) is 13.9. The minimum atomic E-state index is 0.286. The molecule has 0 bridgehead atoms. The lowest BCUT2D eigenvalue weighted by molar-refractivity contribution is 0.345. The number of hydrogen-bond donors (Lipinski definition) is 2. The van der Waals surface area contributed by atoms with Gasteiger partial charge in [-0.15, -0.1) is 0 Å². The van der Waals surface area contributed by atoms with Gasteiger partial charge < -0.3 is 21.1 Å². The molecule has 122 valence electrons. The molecule has 1 fully saturated rings. The van der Waals surface area contributed by atoms with Gasteiger partial charge in [0.15, 0.2) is 0 Å². The number of hydrogen-bond acceptors (Lipinski definition) is 6. The third-order valence-corrected chi connectivity index (χ3v) is 4.29. The van der Waals surface area contributed by atoms with Gasteiger partial charge in [0, 0.05) is 31.6 Å². The minimum Gasteiger partial charge on any atom is -0.497 e. The van der Waals surface area contributed by atoms with Crippen molar-refractivity contribution in [2.24, 2.45) is 5.73 Å². The molecule has 0 spiro atoms. The molecule has 0 radical (unpaired) electrons. The van der Waals surface area contributed by atoms with Crippen molar-refractivity contribution in [3.05, 3.63) is 41.6 Å². The van der Waals surface area contributed by atoms with E-state index in [4.69, 9.17) is 16.2 Å². The van der Waals surface area contributed by atoms with E-state index < -0.39 is 0 Å². The van der Waals surface area contributed by atoms with E-state index in [1.54, 1.807) is 7.11 Å². The number of nitrogens with zero attached hydrogens (tertiary/aromatic N) is 3. The molecule has 23 heavy (non-hydrogen) atoms. The van der Waals surface area contributed by atoms with Crippen molar-refractivity contribution >= 4 is 11.8 Å². The number of nitrogen functional groups attached to an aromatic ring is 1. The number of anilines is 2. The van der Waals surface area contributed by atoms with Crippen molar-refractivity contribution in [3.63, 3.8) is 0 Å². The average molecular weight is 313 g/mol. The highest BCUT2D eigenvalue weighted by atomic mass is 16.5. The molecule has 0 amide bonds. The molecule has 3 rings (SSSR count). The molecule has 4 N–H and O–H groups in total. The lowest BCUT2D eigenvalue weighted by Gasteiger charge is -2.32. The Bertz CT molecular complexity index is 684. The molecule has 6 nitrogen and oxygen atoms in total. The zero-order chi connectivity index (χ0) is 16.4. The molecule has 1 heterocycles. The molecule has 1 aliphatic rings. The first-order valence-electron chi connectivity index (χ1n) is 7.79. The summed E-state index contributed by atoms with van der Waals surface area (Å²) >= 11 is 0. The summed E-state index contributed by atoms with van der Waals surface area (Å²) in [6, 6.07) is 10.3. The first-order valence-corrected chi connectivity index (χ1v) is 7.79. The van der Waals surface area contributed by atoms with Crippen LogP contribution in [0.5, 0.6) is 5.75 Å². The van der Waals surface area contributed by atoms with Crippen LogP contribution in [0.25, 0.3) is 0 Å². The van der Waals surface area contributed by atoms with Crippen molar-refractivity contribution in [2.45, 2.75) is 31.3 Å². The van der Waals surface area contributed by atoms with Gasteiger partial charge >= 0.3 is 0 Å². The highest BCUT2D eigenvalue weighted by Gasteiger charge is 2.29. The Morgan fingerprint density at radius 1 is 1.26 bits per heavy atom. The Labute approximate surface area is 136 Å². The van der Waals surface area contributed by atoms with Crippen molar-refractivity contribution in [3.8, 4) is 5.75 Å². The van der Waals surface area contributed by atoms with Crippen LogP contribution in [-0.4, -0.2) is 30.2 Å². The fourth-order valence-electron chi connectivity index (χ4n) is 2.91. The van der Waals surface area contributed by atoms with E-state index in [0.29, 0.717) is 11.9 Å². The van der Waals surface area contributed by atoms with E-state index in [-0.39, 0.29) is 6.04 Å². The van der Waals surface area contributed by atoms with Gasteiger partial charge in [-0.05, 0) is 30.5 Å². The van der Waals surface area contributed by atoms with E-state index in [9.17, 15) is 0 Å². The van der Waals surface area contributed by atoms with Crippen molar-refractivity contribution < 1.29 is 4.74 Å². The molecule has 0 saturated heterocycles. The summed E-state index contributed by atoms with van der Waals surface area (Å²) in [7, 11) is 3.67. The number of benzene rings is 1. The standard InChI is InChI=1S/C17H23N5O/c1-22(10-11-4-3-5-14(6-11)23-2)16-9-15(20-17(19)21-16)12-7-13(18)8-12/h3-6,9,12-13H,7-8,10,18H2,1-2H3,(H2,19,20,21). The van der Waals surface area contributed by atoms with Crippen LogP contribution < -0.4 is 21.1 Å². The molecule has 1 aromatic heterocycles. The fourth-order valence-corrected chi connectivity index (χ4v) is 2.91. The monoisotopic (exact) mass is 313 g/mol. The second kappa shape index (κ2) is 6.42. The summed E-state index contributed by atoms with van der Waals surface area (Å²) in [6.07, 6.45) is 1.94. The summed E-state index contributed by atoms with van der Waals surface area (Å²) in [5.74, 6) is 2.40. The molecule has 1 aliphatic carbocycles. The van der Waals surface area contributed by atoms with Crippen LogP contribution in [-0.2, 0) is 6.54 Å². The topological polar surface area (TPSA) is 90.3 Å². The Hall–Kier alpha value is -2.34. The number of rotatable bonds is 5. The van der Waals surface area contributed by atoms with E-state index in [1.807, 2.05) is 31.3 Å². The Balaban J connectivity index is 1.77. The maximum absolute atomic E-state index is 5.89. The summed E-state index contributed by atoms with van der Waals surface area (Å²) in [4.78, 5) is 10.8. The number of methoxy groups -OCH3 is 1. The van der Waals surface area contributed by atoms with Gasteiger partial charge in [0.25, 0.3) is 0 Å². The van der Waals surface area contributed by atoms with Gasteiger partial charge in [-0.2, -0.15) is 4.98 Å². The highest BCUT2D eigenvalue weighted by Crippen LogP contribution is 2.35. The van der Waals surface area contributed by atoms with E-state index >= 15 is 0 Å². The van der Waals surface area contributed by atoms with Crippen molar-refractivity contribution in [1.29, 1.82) is 0 Å². The molecule has 1 saturated carbocycles. The Morgan fingerprint density at radius 3 is 2.74 bits per heavy atom. The van der Waals surface area contributed by atoms with Crippen molar-refractivity contribution in [2.75, 3.05) is 24.8 Å². The Morgan fingerprint density at radius 2 is 2.04 bits per heavy atom. The third-order valence-electron chi connectivity index (χ3n) is 4.29. The van der Waals surface area contributed by atoms with Gasteiger partial charge in [-0.3, -0.25) is 0 Å². The SMILES string of the molecule is COc1cccc(CN(C)c2cc(C3CC(N)C3)nc(N)n2)c1. The first-order chi connectivity index (χ1) is 11.0. The van der Waals surface area contributed by atoms with E-state index in [2.05, 4.69) is 20.9 Å². The molecular weight excluding hydrogens is 290 g/mol. The fraction of sp³-hybridized carbons (Fsp3) is 0.412. The van der Waals surface area contributed by atoms with Crippen LogP contribution in [0, 0.1) is 0 Å². The minimum absolute atomic E-state index is 0.286. The highest BCUT2D eigenvalue weighted by molar-refractivity contribution is 5.45. The molecule has 0 unspecified atom stereocenters. The quantitative estimate of drug-likeness (QED) is 0.876.